The maximum atomic E-state index is 4.34. The summed E-state index contributed by atoms with van der Waals surface area (Å²) < 4.78 is 0. The maximum Gasteiger partial charge on any atom is 0.144 e. The van der Waals surface area contributed by atoms with Gasteiger partial charge in [0, 0.05) is 17.7 Å². The molecule has 0 radical (unpaired) electrons. The molecule has 0 spiro atoms. The highest BCUT2D eigenvalue weighted by Gasteiger charge is 1.99. The van der Waals surface area contributed by atoms with Gasteiger partial charge in [-0.15, -0.1) is 11.8 Å². The lowest BCUT2D eigenvalue weighted by atomic mass is 10.2. The van der Waals surface area contributed by atoms with Crippen LogP contribution in [-0.2, 0) is 5.75 Å². The van der Waals surface area contributed by atoms with E-state index in [0.717, 1.165) is 17.3 Å². The van der Waals surface area contributed by atoms with Crippen LogP contribution in [0.5, 0.6) is 0 Å². The van der Waals surface area contributed by atoms with Crippen LogP contribution in [0, 0.1) is 6.92 Å². The molecular weight excluding hydrogens is 230 g/mol. The first-order valence-corrected chi connectivity index (χ1v) is 6.44. The molecule has 4 heteroatoms. The van der Waals surface area contributed by atoms with Crippen LogP contribution in [0.25, 0.3) is 0 Å². The van der Waals surface area contributed by atoms with Crippen molar-refractivity contribution in [1.29, 1.82) is 0 Å². The second kappa shape index (κ2) is 5.68. The van der Waals surface area contributed by atoms with Crippen LogP contribution in [0.2, 0.25) is 0 Å². The highest BCUT2D eigenvalue weighted by atomic mass is 32.2. The van der Waals surface area contributed by atoms with Crippen molar-refractivity contribution in [2.45, 2.75) is 17.6 Å². The van der Waals surface area contributed by atoms with Crippen LogP contribution >= 0.6 is 11.8 Å². The monoisotopic (exact) mass is 245 g/mol. The van der Waals surface area contributed by atoms with Crippen molar-refractivity contribution in [3.8, 4) is 0 Å². The summed E-state index contributed by atoms with van der Waals surface area (Å²) in [7, 11) is 1.84. The third-order valence-corrected chi connectivity index (χ3v) is 3.37. The van der Waals surface area contributed by atoms with Crippen LogP contribution < -0.4 is 5.32 Å². The van der Waals surface area contributed by atoms with Gasteiger partial charge < -0.3 is 5.32 Å². The molecule has 0 bridgehead atoms. The van der Waals surface area contributed by atoms with E-state index in [2.05, 4.69) is 46.5 Å². The molecule has 17 heavy (non-hydrogen) atoms. The Morgan fingerprint density at radius 1 is 1.24 bits per heavy atom. The summed E-state index contributed by atoms with van der Waals surface area (Å²) in [4.78, 5) is 9.85. The number of nitrogens with zero attached hydrogens (tertiary/aromatic N) is 2. The molecule has 0 unspecified atom stereocenters. The third kappa shape index (κ3) is 3.46. The molecule has 88 valence electrons. The number of rotatable bonds is 4. The number of anilines is 1. The first-order chi connectivity index (χ1) is 8.28. The van der Waals surface area contributed by atoms with Gasteiger partial charge in [-0.05, 0) is 19.1 Å². The molecule has 1 aromatic heterocycles. The number of thioether (sulfide) groups is 1. The molecule has 0 aliphatic rings. The Hall–Kier alpha value is -1.55. The average molecular weight is 245 g/mol. The number of aromatic nitrogens is 2. The summed E-state index contributed by atoms with van der Waals surface area (Å²) >= 11 is 1.78. The van der Waals surface area contributed by atoms with Gasteiger partial charge in [0.1, 0.15) is 5.82 Å². The molecule has 0 aliphatic carbocycles. The quantitative estimate of drug-likeness (QED) is 0.840. The normalized spacial score (nSPS) is 10.2. The molecule has 0 saturated carbocycles. The van der Waals surface area contributed by atoms with E-state index >= 15 is 0 Å². The first kappa shape index (κ1) is 11.9. The van der Waals surface area contributed by atoms with Crippen LogP contribution in [0.1, 0.15) is 11.3 Å². The predicted molar refractivity (Wildman–Crippen MR) is 72.3 cm³/mol. The molecule has 0 fully saturated rings. The van der Waals surface area contributed by atoms with E-state index in [1.54, 1.807) is 18.0 Å². The Kier molecular flexibility index (Phi) is 3.98. The van der Waals surface area contributed by atoms with Crippen molar-refractivity contribution < 1.29 is 0 Å². The van der Waals surface area contributed by atoms with Gasteiger partial charge in [-0.3, -0.25) is 4.98 Å². The fourth-order valence-electron chi connectivity index (χ4n) is 1.42. The second-order valence-electron chi connectivity index (χ2n) is 3.75. The fourth-order valence-corrected chi connectivity index (χ4v) is 2.33. The summed E-state index contributed by atoms with van der Waals surface area (Å²) in [6.45, 7) is 2.10. The van der Waals surface area contributed by atoms with Gasteiger partial charge in [-0.25, -0.2) is 4.98 Å². The standard InChI is InChI=1S/C13H15N3S/c1-10-4-3-5-12(6-10)17-9-11-7-16-13(14-2)8-15-11/h3-8H,9H2,1-2H3,(H,14,16). The number of nitrogens with one attached hydrogen (secondary N) is 1. The van der Waals surface area contributed by atoms with Crippen molar-refractivity contribution in [3.05, 3.63) is 47.9 Å². The van der Waals surface area contributed by atoms with Crippen LogP contribution in [-0.4, -0.2) is 17.0 Å². The zero-order valence-corrected chi connectivity index (χ0v) is 10.8. The lowest BCUT2D eigenvalue weighted by molar-refractivity contribution is 1.10. The topological polar surface area (TPSA) is 37.8 Å². The number of aryl methyl sites for hydroxylation is 1. The smallest absolute Gasteiger partial charge is 0.144 e. The first-order valence-electron chi connectivity index (χ1n) is 5.46. The van der Waals surface area contributed by atoms with Crippen LogP contribution in [0.3, 0.4) is 0 Å². The SMILES string of the molecule is CNc1cnc(CSc2cccc(C)c2)cn1. The molecule has 2 rings (SSSR count). The summed E-state index contributed by atoms with van der Waals surface area (Å²) in [5.41, 5.74) is 2.28. The number of hydrogen-bond acceptors (Lipinski definition) is 4. The minimum absolute atomic E-state index is 0.800. The van der Waals surface area contributed by atoms with E-state index in [1.165, 1.54) is 10.5 Å². The fraction of sp³-hybridized carbons (Fsp3) is 0.231. The van der Waals surface area contributed by atoms with Crippen molar-refractivity contribution in [2.75, 3.05) is 12.4 Å². The Labute approximate surface area is 106 Å². The lowest BCUT2D eigenvalue weighted by Gasteiger charge is -2.03. The highest BCUT2D eigenvalue weighted by Crippen LogP contribution is 2.22. The molecule has 0 amide bonds. The van der Waals surface area contributed by atoms with E-state index in [1.807, 2.05) is 13.2 Å². The third-order valence-electron chi connectivity index (χ3n) is 2.34. The van der Waals surface area contributed by atoms with E-state index in [4.69, 9.17) is 0 Å². The van der Waals surface area contributed by atoms with Crippen LogP contribution in [0.15, 0.2) is 41.6 Å². The average Bonchev–Trinajstić information content (AvgIpc) is 2.37. The van der Waals surface area contributed by atoms with Crippen molar-refractivity contribution in [3.63, 3.8) is 0 Å². The Balaban J connectivity index is 1.97. The molecule has 1 heterocycles. The summed E-state index contributed by atoms with van der Waals surface area (Å²) in [6, 6.07) is 8.48. The maximum absolute atomic E-state index is 4.34. The highest BCUT2D eigenvalue weighted by molar-refractivity contribution is 7.98. The van der Waals surface area contributed by atoms with Crippen molar-refractivity contribution >= 4 is 17.6 Å². The number of benzene rings is 1. The molecular formula is C13H15N3S. The zero-order chi connectivity index (χ0) is 12.1. The van der Waals surface area contributed by atoms with Gasteiger partial charge >= 0.3 is 0 Å². The molecule has 0 atom stereocenters. The number of hydrogen-bond donors (Lipinski definition) is 1. The van der Waals surface area contributed by atoms with E-state index < -0.39 is 0 Å². The molecule has 1 N–H and O–H groups in total. The summed E-state index contributed by atoms with van der Waals surface area (Å²) in [6.07, 6.45) is 3.57. The van der Waals surface area contributed by atoms with Gasteiger partial charge in [0.05, 0.1) is 18.1 Å². The molecule has 3 nitrogen and oxygen atoms in total. The predicted octanol–water partition coefficient (Wildman–Crippen LogP) is 3.12. The zero-order valence-electron chi connectivity index (χ0n) is 9.97. The summed E-state index contributed by atoms with van der Waals surface area (Å²) in [5, 5.41) is 2.96. The Morgan fingerprint density at radius 3 is 2.76 bits per heavy atom. The Morgan fingerprint density at radius 2 is 2.12 bits per heavy atom. The Bertz CT molecular complexity index is 482. The minimum atomic E-state index is 0.800. The molecule has 1 aromatic carbocycles. The van der Waals surface area contributed by atoms with Crippen molar-refractivity contribution in [1.82, 2.24) is 9.97 Å². The van der Waals surface area contributed by atoms with Crippen LogP contribution in [0.4, 0.5) is 5.82 Å². The van der Waals surface area contributed by atoms with Crippen molar-refractivity contribution in [2.24, 2.45) is 0 Å². The summed E-state index contributed by atoms with van der Waals surface area (Å²) in [5.74, 6) is 1.65. The molecule has 2 aromatic rings. The van der Waals surface area contributed by atoms with Gasteiger partial charge in [-0.2, -0.15) is 0 Å². The lowest BCUT2D eigenvalue weighted by Crippen LogP contribution is -1.95. The van der Waals surface area contributed by atoms with Gasteiger partial charge in [-0.1, -0.05) is 17.7 Å². The molecule has 0 saturated heterocycles. The van der Waals surface area contributed by atoms with E-state index in [-0.39, 0.29) is 0 Å². The van der Waals surface area contributed by atoms with Gasteiger partial charge in [0.15, 0.2) is 0 Å². The van der Waals surface area contributed by atoms with E-state index in [9.17, 15) is 0 Å². The largest absolute Gasteiger partial charge is 0.372 e. The van der Waals surface area contributed by atoms with Gasteiger partial charge in [0.25, 0.3) is 0 Å². The minimum Gasteiger partial charge on any atom is -0.372 e. The van der Waals surface area contributed by atoms with Gasteiger partial charge in [0.2, 0.25) is 0 Å². The molecule has 0 aliphatic heterocycles. The van der Waals surface area contributed by atoms with E-state index in [0.29, 0.717) is 0 Å². The second-order valence-corrected chi connectivity index (χ2v) is 4.80.